The second-order valence-corrected chi connectivity index (χ2v) is 6.75. The zero-order chi connectivity index (χ0) is 12.2. The third-order valence-corrected chi connectivity index (χ3v) is 4.84. The zero-order valence-electron chi connectivity index (χ0n) is 10.1. The van der Waals surface area contributed by atoms with Crippen LogP contribution in [0.15, 0.2) is 0 Å². The summed E-state index contributed by atoms with van der Waals surface area (Å²) in [5.41, 5.74) is 0. The number of nitrogens with zero attached hydrogens (tertiary/aromatic N) is 1. The molecule has 0 aromatic rings. The number of carbonyl (C=O) groups excluding carboxylic acids is 1. The summed E-state index contributed by atoms with van der Waals surface area (Å²) in [6.45, 7) is 4.42. The van der Waals surface area contributed by atoms with Crippen LogP contribution in [0.2, 0.25) is 0 Å². The summed E-state index contributed by atoms with van der Waals surface area (Å²) in [5.74, 6) is 0.527. The van der Waals surface area contributed by atoms with E-state index < -0.39 is 9.84 Å². The molecule has 5 heteroatoms. The fraction of sp³-hybridized carbons (Fsp3) is 0.909. The lowest BCUT2D eigenvalue weighted by atomic mass is 10.1. The molecule has 16 heavy (non-hydrogen) atoms. The molecule has 94 valence electrons. The predicted octanol–water partition coefficient (Wildman–Crippen LogP) is 1.21. The summed E-state index contributed by atoms with van der Waals surface area (Å²) in [6.07, 6.45) is 3.24. The van der Waals surface area contributed by atoms with E-state index in [1.807, 2.05) is 4.90 Å². The number of rotatable bonds is 4. The van der Waals surface area contributed by atoms with Gasteiger partial charge in [-0.2, -0.15) is 0 Å². The number of sulfone groups is 1. The van der Waals surface area contributed by atoms with Crippen molar-refractivity contribution in [3.63, 3.8) is 0 Å². The van der Waals surface area contributed by atoms with E-state index in [-0.39, 0.29) is 23.5 Å². The van der Waals surface area contributed by atoms with Crippen molar-refractivity contribution in [2.75, 3.05) is 18.1 Å². The topological polar surface area (TPSA) is 54.5 Å². The highest BCUT2D eigenvalue weighted by Crippen LogP contribution is 2.18. The maximum atomic E-state index is 11.5. The number of amides is 1. The summed E-state index contributed by atoms with van der Waals surface area (Å²) >= 11 is 0. The van der Waals surface area contributed by atoms with Gasteiger partial charge in [-0.05, 0) is 19.3 Å². The van der Waals surface area contributed by atoms with E-state index in [9.17, 15) is 13.2 Å². The zero-order valence-corrected chi connectivity index (χ0v) is 10.9. The van der Waals surface area contributed by atoms with Gasteiger partial charge in [0.1, 0.15) is 9.84 Å². The van der Waals surface area contributed by atoms with Crippen LogP contribution < -0.4 is 0 Å². The van der Waals surface area contributed by atoms with Gasteiger partial charge in [0.05, 0.1) is 11.5 Å². The Hall–Kier alpha value is -0.580. The molecule has 1 saturated heterocycles. The Bertz CT molecular complexity index is 323. The van der Waals surface area contributed by atoms with Gasteiger partial charge >= 0.3 is 0 Å². The van der Waals surface area contributed by atoms with Crippen molar-refractivity contribution >= 4 is 15.7 Å². The quantitative estimate of drug-likeness (QED) is 0.750. The Labute approximate surface area is 97.9 Å². The highest BCUT2D eigenvalue weighted by molar-refractivity contribution is 7.91. The van der Waals surface area contributed by atoms with Crippen LogP contribution in [0.5, 0.6) is 0 Å². The Morgan fingerprint density at radius 1 is 1.31 bits per heavy atom. The molecule has 0 saturated carbocycles. The van der Waals surface area contributed by atoms with Crippen molar-refractivity contribution in [1.82, 2.24) is 4.90 Å². The summed E-state index contributed by atoms with van der Waals surface area (Å²) < 4.78 is 22.6. The molecular formula is C11H21NO3S. The van der Waals surface area contributed by atoms with E-state index in [0.717, 1.165) is 19.4 Å². The van der Waals surface area contributed by atoms with Gasteiger partial charge in [0.2, 0.25) is 5.91 Å². The SMILES string of the molecule is CCCCN(C(C)=O)C1CCS(=O)(=O)CC1. The fourth-order valence-corrected chi connectivity index (χ4v) is 3.58. The normalized spacial score (nSPS) is 20.6. The van der Waals surface area contributed by atoms with Crippen molar-refractivity contribution in [1.29, 1.82) is 0 Å². The molecule has 1 aliphatic heterocycles. The predicted molar refractivity (Wildman–Crippen MR) is 64.0 cm³/mol. The summed E-state index contributed by atoms with van der Waals surface area (Å²) in [7, 11) is -2.83. The average molecular weight is 247 g/mol. The van der Waals surface area contributed by atoms with Crippen molar-refractivity contribution in [3.05, 3.63) is 0 Å². The third kappa shape index (κ3) is 3.77. The molecule has 0 aromatic heterocycles. The van der Waals surface area contributed by atoms with Crippen LogP contribution in [-0.2, 0) is 14.6 Å². The van der Waals surface area contributed by atoms with Gasteiger partial charge in [0, 0.05) is 19.5 Å². The highest BCUT2D eigenvalue weighted by Gasteiger charge is 2.28. The molecule has 0 bridgehead atoms. The lowest BCUT2D eigenvalue weighted by molar-refractivity contribution is -0.131. The average Bonchev–Trinajstić information content (AvgIpc) is 2.20. The van der Waals surface area contributed by atoms with Crippen molar-refractivity contribution in [2.45, 2.75) is 45.6 Å². The number of hydrogen-bond donors (Lipinski definition) is 0. The van der Waals surface area contributed by atoms with Crippen LogP contribution in [0.4, 0.5) is 0 Å². The monoisotopic (exact) mass is 247 g/mol. The molecule has 1 rings (SSSR count). The Balaban J connectivity index is 2.56. The van der Waals surface area contributed by atoms with Crippen LogP contribution in [0.3, 0.4) is 0 Å². The Morgan fingerprint density at radius 3 is 2.31 bits per heavy atom. The molecule has 4 nitrogen and oxygen atoms in total. The van der Waals surface area contributed by atoms with E-state index in [0.29, 0.717) is 12.8 Å². The molecule has 0 atom stereocenters. The van der Waals surface area contributed by atoms with E-state index in [1.54, 1.807) is 6.92 Å². The molecule has 0 aliphatic carbocycles. The summed E-state index contributed by atoms with van der Waals surface area (Å²) in [6, 6.07) is 0.132. The first-order valence-electron chi connectivity index (χ1n) is 5.94. The van der Waals surface area contributed by atoms with Crippen LogP contribution in [0.1, 0.15) is 39.5 Å². The molecule has 0 aromatic carbocycles. The first-order chi connectivity index (χ1) is 7.46. The smallest absolute Gasteiger partial charge is 0.219 e. The highest BCUT2D eigenvalue weighted by atomic mass is 32.2. The lowest BCUT2D eigenvalue weighted by Crippen LogP contribution is -2.44. The minimum Gasteiger partial charge on any atom is -0.340 e. The van der Waals surface area contributed by atoms with Crippen LogP contribution in [0, 0.1) is 0 Å². The fourth-order valence-electron chi connectivity index (χ4n) is 2.11. The second kappa shape index (κ2) is 5.66. The summed E-state index contributed by atoms with van der Waals surface area (Å²) in [5, 5.41) is 0. The molecule has 0 unspecified atom stereocenters. The van der Waals surface area contributed by atoms with Gasteiger partial charge in [-0.25, -0.2) is 8.42 Å². The van der Waals surface area contributed by atoms with Gasteiger partial charge in [0.25, 0.3) is 0 Å². The largest absolute Gasteiger partial charge is 0.340 e. The maximum Gasteiger partial charge on any atom is 0.219 e. The van der Waals surface area contributed by atoms with Crippen LogP contribution in [0.25, 0.3) is 0 Å². The van der Waals surface area contributed by atoms with Gasteiger partial charge < -0.3 is 4.90 Å². The number of unbranched alkanes of at least 4 members (excludes halogenated alkanes) is 1. The lowest BCUT2D eigenvalue weighted by Gasteiger charge is -2.33. The van der Waals surface area contributed by atoms with Crippen LogP contribution in [-0.4, -0.2) is 43.3 Å². The molecule has 1 fully saturated rings. The molecular weight excluding hydrogens is 226 g/mol. The first-order valence-corrected chi connectivity index (χ1v) is 7.76. The third-order valence-electron chi connectivity index (χ3n) is 3.12. The summed E-state index contributed by atoms with van der Waals surface area (Å²) in [4.78, 5) is 13.3. The first kappa shape index (κ1) is 13.5. The molecule has 1 heterocycles. The molecule has 0 N–H and O–H groups in total. The molecule has 1 amide bonds. The van der Waals surface area contributed by atoms with Gasteiger partial charge in [-0.15, -0.1) is 0 Å². The van der Waals surface area contributed by atoms with Crippen LogP contribution >= 0.6 is 0 Å². The van der Waals surface area contributed by atoms with Crippen molar-refractivity contribution in [2.24, 2.45) is 0 Å². The Kier molecular flexibility index (Phi) is 4.77. The van der Waals surface area contributed by atoms with E-state index in [1.165, 1.54) is 0 Å². The van der Waals surface area contributed by atoms with Gasteiger partial charge in [-0.3, -0.25) is 4.79 Å². The minimum atomic E-state index is -2.83. The van der Waals surface area contributed by atoms with E-state index in [2.05, 4.69) is 6.92 Å². The van der Waals surface area contributed by atoms with Gasteiger partial charge in [-0.1, -0.05) is 13.3 Å². The molecule has 0 radical (unpaired) electrons. The Morgan fingerprint density at radius 2 is 1.88 bits per heavy atom. The standard InChI is InChI=1S/C11H21NO3S/c1-3-4-7-12(10(2)13)11-5-8-16(14,15)9-6-11/h11H,3-9H2,1-2H3. The number of hydrogen-bond acceptors (Lipinski definition) is 3. The van der Waals surface area contributed by atoms with E-state index in [4.69, 9.17) is 0 Å². The maximum absolute atomic E-state index is 11.5. The van der Waals surface area contributed by atoms with Crippen molar-refractivity contribution < 1.29 is 13.2 Å². The molecule has 0 spiro atoms. The second-order valence-electron chi connectivity index (χ2n) is 4.45. The minimum absolute atomic E-state index is 0.0674. The van der Waals surface area contributed by atoms with Gasteiger partial charge in [0.15, 0.2) is 0 Å². The number of carbonyl (C=O) groups is 1. The van der Waals surface area contributed by atoms with E-state index >= 15 is 0 Å². The molecule has 1 aliphatic rings. The van der Waals surface area contributed by atoms with Crippen molar-refractivity contribution in [3.8, 4) is 0 Å².